The topological polar surface area (TPSA) is 112 Å². The fraction of sp³-hybridized carbons (Fsp3) is 0.174. The molecule has 154 valence electrons. The van der Waals surface area contributed by atoms with E-state index in [1.165, 1.54) is 0 Å². The number of carbonyl (C=O) groups excluding carboxylic acids is 1. The molecule has 0 saturated heterocycles. The zero-order valence-corrected chi connectivity index (χ0v) is 17.0. The Labute approximate surface area is 178 Å². The van der Waals surface area contributed by atoms with Crippen LogP contribution in [-0.4, -0.2) is 36.0 Å². The van der Waals surface area contributed by atoms with Crippen LogP contribution in [0, 0.1) is 0 Å². The van der Waals surface area contributed by atoms with Gasteiger partial charge in [0.2, 0.25) is 5.91 Å². The molecule has 0 aliphatic heterocycles. The number of aromatic amines is 2. The molecule has 0 aliphatic rings. The summed E-state index contributed by atoms with van der Waals surface area (Å²) in [4.78, 5) is 28.9. The lowest BCUT2D eigenvalue weighted by Gasteiger charge is -2.07. The predicted molar refractivity (Wildman–Crippen MR) is 120 cm³/mol. The number of amides is 1. The van der Waals surface area contributed by atoms with Gasteiger partial charge in [-0.3, -0.25) is 19.9 Å². The van der Waals surface area contributed by atoms with Crippen molar-refractivity contribution in [1.82, 2.24) is 30.1 Å². The second-order valence-corrected chi connectivity index (χ2v) is 7.40. The van der Waals surface area contributed by atoms with Gasteiger partial charge in [-0.1, -0.05) is 13.3 Å². The van der Waals surface area contributed by atoms with Crippen LogP contribution in [0.25, 0.3) is 44.7 Å². The Kier molecular flexibility index (Phi) is 4.87. The molecule has 0 radical (unpaired) electrons. The minimum absolute atomic E-state index is 0.00578. The maximum absolute atomic E-state index is 12.1. The number of anilines is 1. The van der Waals surface area contributed by atoms with Crippen LogP contribution in [0.4, 0.5) is 5.69 Å². The first kappa shape index (κ1) is 18.9. The summed E-state index contributed by atoms with van der Waals surface area (Å²) in [5.74, 6) is -0.00578. The van der Waals surface area contributed by atoms with Gasteiger partial charge in [0.25, 0.3) is 0 Å². The van der Waals surface area contributed by atoms with Crippen molar-refractivity contribution >= 4 is 33.7 Å². The number of H-pyrrole nitrogens is 2. The number of carbonyl (C=O) groups is 1. The van der Waals surface area contributed by atoms with E-state index >= 15 is 0 Å². The highest BCUT2D eigenvalue weighted by molar-refractivity contribution is 5.94. The summed E-state index contributed by atoms with van der Waals surface area (Å²) in [6, 6.07) is 11.6. The van der Waals surface area contributed by atoms with Crippen LogP contribution in [0.15, 0.2) is 55.0 Å². The van der Waals surface area contributed by atoms with E-state index in [4.69, 9.17) is 4.98 Å². The van der Waals surface area contributed by atoms with Gasteiger partial charge in [-0.05, 0) is 42.8 Å². The van der Waals surface area contributed by atoms with Crippen molar-refractivity contribution < 1.29 is 4.79 Å². The van der Waals surface area contributed by atoms with Crippen molar-refractivity contribution in [1.29, 1.82) is 0 Å². The van der Waals surface area contributed by atoms with Crippen LogP contribution in [0.5, 0.6) is 0 Å². The molecule has 31 heavy (non-hydrogen) atoms. The third-order valence-corrected chi connectivity index (χ3v) is 5.13. The van der Waals surface area contributed by atoms with E-state index < -0.39 is 0 Å². The van der Waals surface area contributed by atoms with Crippen molar-refractivity contribution in [2.24, 2.45) is 0 Å². The zero-order chi connectivity index (χ0) is 21.2. The zero-order valence-electron chi connectivity index (χ0n) is 17.0. The molecule has 8 nitrogen and oxygen atoms in total. The Morgan fingerprint density at radius 3 is 2.94 bits per heavy atom. The number of nitrogens with zero attached hydrogens (tertiary/aromatic N) is 4. The van der Waals surface area contributed by atoms with E-state index in [9.17, 15) is 4.79 Å². The summed E-state index contributed by atoms with van der Waals surface area (Å²) in [6.45, 7) is 2.06. The number of pyridine rings is 3. The van der Waals surface area contributed by atoms with Gasteiger partial charge in [0.05, 0.1) is 39.8 Å². The van der Waals surface area contributed by atoms with Crippen molar-refractivity contribution in [3.05, 3.63) is 55.0 Å². The average Bonchev–Trinajstić information content (AvgIpc) is 3.41. The van der Waals surface area contributed by atoms with Gasteiger partial charge in [-0.15, -0.1) is 0 Å². The lowest BCUT2D eigenvalue weighted by atomic mass is 10.1. The molecule has 0 aliphatic carbocycles. The number of hydrogen-bond donors (Lipinski definition) is 3. The highest BCUT2D eigenvalue weighted by Crippen LogP contribution is 2.29. The van der Waals surface area contributed by atoms with Gasteiger partial charge in [0.15, 0.2) is 0 Å². The number of rotatable bonds is 6. The summed E-state index contributed by atoms with van der Waals surface area (Å²) in [5, 5.41) is 10.4. The largest absolute Gasteiger partial charge is 0.352 e. The molecule has 0 unspecified atom stereocenters. The predicted octanol–water partition coefficient (Wildman–Crippen LogP) is 4.69. The van der Waals surface area contributed by atoms with Gasteiger partial charge >= 0.3 is 0 Å². The van der Waals surface area contributed by atoms with Crippen LogP contribution >= 0.6 is 0 Å². The van der Waals surface area contributed by atoms with Crippen LogP contribution in [0.1, 0.15) is 26.2 Å². The average molecular weight is 411 g/mol. The monoisotopic (exact) mass is 411 g/mol. The molecule has 3 N–H and O–H groups in total. The minimum Gasteiger partial charge on any atom is -0.352 e. The lowest BCUT2D eigenvalue weighted by molar-refractivity contribution is -0.116. The van der Waals surface area contributed by atoms with Gasteiger partial charge < -0.3 is 10.3 Å². The summed E-state index contributed by atoms with van der Waals surface area (Å²) in [7, 11) is 0. The molecular weight excluding hydrogens is 390 g/mol. The number of aromatic nitrogens is 6. The maximum atomic E-state index is 12.1. The van der Waals surface area contributed by atoms with E-state index in [0.29, 0.717) is 12.1 Å². The Bertz CT molecular complexity index is 1350. The third kappa shape index (κ3) is 3.75. The van der Waals surface area contributed by atoms with Crippen LogP contribution in [-0.2, 0) is 4.79 Å². The first-order valence-electron chi connectivity index (χ1n) is 10.3. The van der Waals surface area contributed by atoms with Gasteiger partial charge in [0, 0.05) is 24.4 Å². The fourth-order valence-corrected chi connectivity index (χ4v) is 3.54. The van der Waals surface area contributed by atoms with Gasteiger partial charge in [0.1, 0.15) is 11.2 Å². The maximum Gasteiger partial charge on any atom is 0.224 e. The summed E-state index contributed by atoms with van der Waals surface area (Å²) < 4.78 is 0. The van der Waals surface area contributed by atoms with Crippen molar-refractivity contribution in [2.45, 2.75) is 26.2 Å². The molecule has 5 aromatic rings. The third-order valence-electron chi connectivity index (χ3n) is 5.13. The first-order valence-corrected chi connectivity index (χ1v) is 10.3. The summed E-state index contributed by atoms with van der Waals surface area (Å²) >= 11 is 0. The molecule has 0 atom stereocenters. The molecule has 0 spiro atoms. The molecule has 5 rings (SSSR count). The standard InChI is InChI=1S/C23H21N7O/c1-2-3-6-21(31)26-15-10-14(12-24-13-15)16-7-8-18-22(28-16)23(30-29-18)20-11-19-17(27-20)5-4-9-25-19/h4-5,7-13,27H,2-3,6H2,1H3,(H,26,31)(H,29,30). The molecular formula is C23H21N7O. The van der Waals surface area contributed by atoms with E-state index in [2.05, 4.69) is 37.4 Å². The number of fused-ring (bicyclic) bond motifs is 2. The Morgan fingerprint density at radius 2 is 2.06 bits per heavy atom. The van der Waals surface area contributed by atoms with E-state index in [0.717, 1.165) is 57.6 Å². The molecule has 5 aromatic heterocycles. The van der Waals surface area contributed by atoms with Crippen molar-refractivity contribution in [3.8, 4) is 22.6 Å². The van der Waals surface area contributed by atoms with Gasteiger partial charge in [-0.2, -0.15) is 5.10 Å². The van der Waals surface area contributed by atoms with Gasteiger partial charge in [-0.25, -0.2) is 4.98 Å². The molecule has 5 heterocycles. The highest BCUT2D eigenvalue weighted by Gasteiger charge is 2.14. The lowest BCUT2D eigenvalue weighted by Crippen LogP contribution is -2.11. The van der Waals surface area contributed by atoms with Crippen LogP contribution in [0.2, 0.25) is 0 Å². The number of hydrogen-bond acceptors (Lipinski definition) is 5. The normalized spacial score (nSPS) is 11.3. The molecule has 0 bridgehead atoms. The van der Waals surface area contributed by atoms with Crippen molar-refractivity contribution in [2.75, 3.05) is 5.32 Å². The molecule has 0 aromatic carbocycles. The summed E-state index contributed by atoms with van der Waals surface area (Å²) in [6.07, 6.45) is 7.50. The highest BCUT2D eigenvalue weighted by atomic mass is 16.1. The van der Waals surface area contributed by atoms with Crippen molar-refractivity contribution in [3.63, 3.8) is 0 Å². The van der Waals surface area contributed by atoms with E-state index in [1.807, 2.05) is 36.4 Å². The quantitative estimate of drug-likeness (QED) is 0.375. The van der Waals surface area contributed by atoms with E-state index in [1.54, 1.807) is 18.6 Å². The molecule has 0 saturated carbocycles. The van der Waals surface area contributed by atoms with E-state index in [-0.39, 0.29) is 5.91 Å². The van der Waals surface area contributed by atoms with Crippen LogP contribution < -0.4 is 5.32 Å². The molecule has 1 amide bonds. The fourth-order valence-electron chi connectivity index (χ4n) is 3.54. The number of nitrogens with one attached hydrogen (secondary N) is 3. The summed E-state index contributed by atoms with van der Waals surface area (Å²) in [5.41, 5.74) is 7.22. The molecule has 8 heteroatoms. The Morgan fingerprint density at radius 1 is 1.13 bits per heavy atom. The minimum atomic E-state index is -0.00578. The first-order chi connectivity index (χ1) is 15.2. The Hall–Kier alpha value is -4.07. The smallest absolute Gasteiger partial charge is 0.224 e. The number of unbranched alkanes of at least 4 members (excludes halogenated alkanes) is 1. The molecule has 0 fully saturated rings. The SMILES string of the molecule is CCCCC(=O)Nc1cncc(-c2ccc3[nH]nc(-c4cc5ncccc5[nH]4)c3n2)c1. The second-order valence-electron chi connectivity index (χ2n) is 7.40. The second kappa shape index (κ2) is 7.98. The Balaban J connectivity index is 1.49. The van der Waals surface area contributed by atoms with Crippen LogP contribution in [0.3, 0.4) is 0 Å².